The number of benzene rings is 1. The van der Waals surface area contributed by atoms with E-state index in [-0.39, 0.29) is 19.0 Å². The lowest BCUT2D eigenvalue weighted by Crippen LogP contribution is -2.06. The molecule has 0 spiro atoms. The Bertz CT molecular complexity index is 442. The van der Waals surface area contributed by atoms with E-state index in [2.05, 4.69) is 6.58 Å². The van der Waals surface area contributed by atoms with Crippen molar-refractivity contribution < 1.29 is 23.7 Å². The number of aryl methyl sites for hydroxylation is 1. The van der Waals surface area contributed by atoms with Gasteiger partial charge in [-0.05, 0) is 24.1 Å². The van der Waals surface area contributed by atoms with E-state index in [1.807, 2.05) is 12.1 Å². The normalized spacial score (nSPS) is 9.75. The zero-order chi connectivity index (χ0) is 15.0. The SMILES string of the molecule is C=CCOC(=O)CCc1cc(OC)c(OC)c(OC)c1. The Morgan fingerprint density at radius 2 is 1.75 bits per heavy atom. The van der Waals surface area contributed by atoms with Gasteiger partial charge in [0.25, 0.3) is 0 Å². The van der Waals surface area contributed by atoms with Crippen LogP contribution in [0.5, 0.6) is 17.2 Å². The number of carbonyl (C=O) groups excluding carboxylic acids is 1. The lowest BCUT2D eigenvalue weighted by molar-refractivity contribution is -0.142. The van der Waals surface area contributed by atoms with E-state index in [0.717, 1.165) is 5.56 Å². The molecule has 0 fully saturated rings. The topological polar surface area (TPSA) is 54.0 Å². The summed E-state index contributed by atoms with van der Waals surface area (Å²) < 4.78 is 20.7. The second-order valence-corrected chi connectivity index (χ2v) is 4.01. The minimum atomic E-state index is -0.265. The van der Waals surface area contributed by atoms with Gasteiger partial charge in [-0.25, -0.2) is 0 Å². The number of rotatable bonds is 8. The molecule has 1 rings (SSSR count). The number of carbonyl (C=O) groups is 1. The molecule has 0 amide bonds. The van der Waals surface area contributed by atoms with Gasteiger partial charge in [-0.2, -0.15) is 0 Å². The van der Waals surface area contributed by atoms with Crippen LogP contribution in [0.15, 0.2) is 24.8 Å². The van der Waals surface area contributed by atoms with Gasteiger partial charge in [-0.15, -0.1) is 0 Å². The van der Waals surface area contributed by atoms with Crippen LogP contribution in [0.3, 0.4) is 0 Å². The predicted molar refractivity (Wildman–Crippen MR) is 75.6 cm³/mol. The van der Waals surface area contributed by atoms with E-state index >= 15 is 0 Å². The third-order valence-corrected chi connectivity index (χ3v) is 2.70. The van der Waals surface area contributed by atoms with Gasteiger partial charge < -0.3 is 18.9 Å². The summed E-state index contributed by atoms with van der Waals surface area (Å²) in [5.41, 5.74) is 0.912. The maximum atomic E-state index is 11.5. The molecule has 110 valence electrons. The fourth-order valence-electron chi connectivity index (χ4n) is 1.75. The van der Waals surface area contributed by atoms with Crippen molar-refractivity contribution in [1.82, 2.24) is 0 Å². The van der Waals surface area contributed by atoms with Crippen molar-refractivity contribution in [3.8, 4) is 17.2 Å². The number of esters is 1. The summed E-state index contributed by atoms with van der Waals surface area (Å²) in [4.78, 5) is 11.5. The van der Waals surface area contributed by atoms with Crippen molar-refractivity contribution in [1.29, 1.82) is 0 Å². The molecule has 0 aliphatic carbocycles. The second-order valence-electron chi connectivity index (χ2n) is 4.01. The summed E-state index contributed by atoms with van der Waals surface area (Å²) in [7, 11) is 4.66. The molecule has 0 unspecified atom stereocenters. The Kier molecular flexibility index (Phi) is 6.43. The van der Waals surface area contributed by atoms with Crippen molar-refractivity contribution in [2.45, 2.75) is 12.8 Å². The summed E-state index contributed by atoms with van der Waals surface area (Å²) in [5, 5.41) is 0. The van der Waals surface area contributed by atoms with Gasteiger partial charge >= 0.3 is 5.97 Å². The van der Waals surface area contributed by atoms with Crippen molar-refractivity contribution in [2.24, 2.45) is 0 Å². The first-order chi connectivity index (χ1) is 9.65. The quantitative estimate of drug-likeness (QED) is 0.540. The number of methoxy groups -OCH3 is 3. The molecule has 0 saturated heterocycles. The van der Waals surface area contributed by atoms with Crippen molar-refractivity contribution in [3.63, 3.8) is 0 Å². The molecule has 0 aliphatic heterocycles. The van der Waals surface area contributed by atoms with Crippen molar-refractivity contribution >= 4 is 5.97 Å². The molecule has 0 heterocycles. The highest BCUT2D eigenvalue weighted by molar-refractivity contribution is 5.70. The van der Waals surface area contributed by atoms with Gasteiger partial charge in [0.2, 0.25) is 5.75 Å². The van der Waals surface area contributed by atoms with Gasteiger partial charge in [0.1, 0.15) is 6.61 Å². The van der Waals surface area contributed by atoms with E-state index in [1.54, 1.807) is 21.3 Å². The zero-order valence-electron chi connectivity index (χ0n) is 12.1. The van der Waals surface area contributed by atoms with Crippen LogP contribution in [0.1, 0.15) is 12.0 Å². The Labute approximate surface area is 119 Å². The first-order valence-corrected chi connectivity index (χ1v) is 6.21. The molecular formula is C15H20O5. The Morgan fingerprint density at radius 1 is 1.15 bits per heavy atom. The molecule has 0 saturated carbocycles. The molecule has 5 heteroatoms. The first kappa shape index (κ1) is 15.9. The van der Waals surface area contributed by atoms with Crippen LogP contribution < -0.4 is 14.2 Å². The largest absolute Gasteiger partial charge is 0.493 e. The van der Waals surface area contributed by atoms with Crippen LogP contribution in [0, 0.1) is 0 Å². The van der Waals surface area contributed by atoms with E-state index in [1.165, 1.54) is 6.08 Å². The monoisotopic (exact) mass is 280 g/mol. The lowest BCUT2D eigenvalue weighted by atomic mass is 10.1. The third kappa shape index (κ3) is 4.19. The number of hydrogen-bond acceptors (Lipinski definition) is 5. The molecule has 0 bridgehead atoms. The van der Waals surface area contributed by atoms with Gasteiger partial charge in [-0.1, -0.05) is 12.7 Å². The smallest absolute Gasteiger partial charge is 0.306 e. The molecule has 0 N–H and O–H groups in total. The average molecular weight is 280 g/mol. The summed E-state index contributed by atoms with van der Waals surface area (Å²) in [6.45, 7) is 3.72. The summed E-state index contributed by atoms with van der Waals surface area (Å²) in [6.07, 6.45) is 2.36. The van der Waals surface area contributed by atoms with Crippen LogP contribution in [-0.2, 0) is 16.0 Å². The zero-order valence-corrected chi connectivity index (χ0v) is 12.1. The Morgan fingerprint density at radius 3 is 2.20 bits per heavy atom. The molecule has 0 radical (unpaired) electrons. The van der Waals surface area contributed by atoms with Gasteiger partial charge in [0.15, 0.2) is 11.5 Å². The van der Waals surface area contributed by atoms with Crippen LogP contribution in [0.4, 0.5) is 0 Å². The highest BCUT2D eigenvalue weighted by Gasteiger charge is 2.13. The van der Waals surface area contributed by atoms with E-state index in [4.69, 9.17) is 18.9 Å². The molecule has 5 nitrogen and oxygen atoms in total. The molecule has 1 aromatic rings. The van der Waals surface area contributed by atoms with E-state index in [9.17, 15) is 4.79 Å². The number of hydrogen-bond donors (Lipinski definition) is 0. The minimum absolute atomic E-state index is 0.230. The van der Waals surface area contributed by atoms with Gasteiger partial charge in [-0.3, -0.25) is 4.79 Å². The average Bonchev–Trinajstić information content (AvgIpc) is 2.49. The molecule has 0 aromatic heterocycles. The van der Waals surface area contributed by atoms with Crippen LogP contribution in [0.25, 0.3) is 0 Å². The van der Waals surface area contributed by atoms with Crippen molar-refractivity contribution in [3.05, 3.63) is 30.4 Å². The minimum Gasteiger partial charge on any atom is -0.493 e. The third-order valence-electron chi connectivity index (χ3n) is 2.70. The van der Waals surface area contributed by atoms with E-state index < -0.39 is 0 Å². The fraction of sp³-hybridized carbons (Fsp3) is 0.400. The van der Waals surface area contributed by atoms with E-state index in [0.29, 0.717) is 23.7 Å². The highest BCUT2D eigenvalue weighted by Crippen LogP contribution is 2.38. The highest BCUT2D eigenvalue weighted by atomic mass is 16.5. The summed E-state index contributed by atoms with van der Waals surface area (Å²) in [6, 6.07) is 3.64. The summed E-state index contributed by atoms with van der Waals surface area (Å²) >= 11 is 0. The van der Waals surface area contributed by atoms with Crippen LogP contribution in [0.2, 0.25) is 0 Å². The molecule has 0 aliphatic rings. The molecule has 0 atom stereocenters. The number of ether oxygens (including phenoxy) is 4. The maximum Gasteiger partial charge on any atom is 0.306 e. The van der Waals surface area contributed by atoms with Gasteiger partial charge in [0, 0.05) is 6.42 Å². The first-order valence-electron chi connectivity index (χ1n) is 6.21. The Balaban J connectivity index is 2.80. The second kappa shape index (κ2) is 8.09. The fourth-order valence-corrected chi connectivity index (χ4v) is 1.75. The van der Waals surface area contributed by atoms with Crippen molar-refractivity contribution in [2.75, 3.05) is 27.9 Å². The maximum absolute atomic E-state index is 11.5. The van der Waals surface area contributed by atoms with Crippen LogP contribution in [-0.4, -0.2) is 33.9 Å². The Hall–Kier alpha value is -2.17. The molecule has 1 aromatic carbocycles. The summed E-state index contributed by atoms with van der Waals surface area (Å²) in [5.74, 6) is 1.41. The molecule has 20 heavy (non-hydrogen) atoms. The lowest BCUT2D eigenvalue weighted by Gasteiger charge is -2.14. The standard InChI is InChI=1S/C15H20O5/c1-5-8-20-14(16)7-6-11-9-12(17-2)15(19-4)13(10-11)18-3/h5,9-10H,1,6-8H2,2-4H3. The van der Waals surface area contributed by atoms with Gasteiger partial charge in [0.05, 0.1) is 21.3 Å². The van der Waals surface area contributed by atoms with Crippen LogP contribution >= 0.6 is 0 Å². The molecular weight excluding hydrogens is 260 g/mol. The predicted octanol–water partition coefficient (Wildman–Crippen LogP) is 2.37.